The van der Waals surface area contributed by atoms with Gasteiger partial charge in [0.15, 0.2) is 5.82 Å². The van der Waals surface area contributed by atoms with Crippen molar-refractivity contribution in [1.82, 2.24) is 15.1 Å². The minimum atomic E-state index is -0.466. The first-order valence-electron chi connectivity index (χ1n) is 10.2. The molecule has 0 atom stereocenters. The molecule has 0 bridgehead atoms. The molecule has 4 rings (SSSR count). The number of fused-ring (bicyclic) bond motifs is 1. The Balaban J connectivity index is 1.41. The molecule has 3 aromatic carbocycles. The average molecular weight is 446 g/mol. The molecule has 5 N–H and O–H groups in total. The van der Waals surface area contributed by atoms with Crippen molar-refractivity contribution in [2.24, 2.45) is 7.05 Å². The molecule has 0 saturated heterocycles. The first kappa shape index (κ1) is 21.8. The highest BCUT2D eigenvalue weighted by Gasteiger charge is 2.16. The van der Waals surface area contributed by atoms with E-state index in [1.54, 1.807) is 61.1 Å². The molecule has 0 radical (unpaired) electrons. The van der Waals surface area contributed by atoms with Crippen LogP contribution in [0.25, 0.3) is 10.9 Å². The smallest absolute Gasteiger partial charge is 0.319 e. The van der Waals surface area contributed by atoms with Crippen molar-refractivity contribution in [2.45, 2.75) is 13.5 Å². The number of hydrogen-bond donors (Lipinski definition) is 4. The summed E-state index contributed by atoms with van der Waals surface area (Å²) in [7, 11) is 1.77. The predicted molar refractivity (Wildman–Crippen MR) is 127 cm³/mol. The van der Waals surface area contributed by atoms with Gasteiger partial charge in [0.1, 0.15) is 5.82 Å². The number of nitrogens with one attached hydrogen (secondary N) is 3. The highest BCUT2D eigenvalue weighted by Crippen LogP contribution is 2.25. The van der Waals surface area contributed by atoms with Crippen molar-refractivity contribution in [3.8, 4) is 0 Å². The van der Waals surface area contributed by atoms with Crippen LogP contribution >= 0.6 is 0 Å². The summed E-state index contributed by atoms with van der Waals surface area (Å²) in [6.07, 6.45) is 0. The molecule has 0 aliphatic heterocycles. The van der Waals surface area contributed by atoms with E-state index in [0.29, 0.717) is 27.9 Å². The van der Waals surface area contributed by atoms with Gasteiger partial charge < -0.3 is 21.7 Å². The normalized spacial score (nSPS) is 10.8. The van der Waals surface area contributed by atoms with Crippen LogP contribution in [0.3, 0.4) is 0 Å². The number of carbonyl (C=O) groups is 2. The standard InChI is InChI=1S/C24H23FN6O2/c1-14-9-10-17(12-19(14)25)29-24(33)27-13-15-5-3-6-16(11-15)28-23(32)18-7-4-8-20-21(18)22(26)30-31(20)2/h3-12H,13H2,1-2H3,(H2,26,30)(H,28,32)(H2,27,29,33). The first-order valence-corrected chi connectivity index (χ1v) is 10.2. The summed E-state index contributed by atoms with van der Waals surface area (Å²) in [5.41, 5.74) is 9.39. The summed E-state index contributed by atoms with van der Waals surface area (Å²) in [5, 5.41) is 13.0. The lowest BCUT2D eigenvalue weighted by Gasteiger charge is -2.11. The van der Waals surface area contributed by atoms with Crippen LogP contribution in [0.15, 0.2) is 60.7 Å². The Hall–Kier alpha value is -4.40. The second kappa shape index (κ2) is 8.99. The zero-order valence-electron chi connectivity index (χ0n) is 18.1. The van der Waals surface area contributed by atoms with Crippen molar-refractivity contribution in [3.05, 3.63) is 83.2 Å². The van der Waals surface area contributed by atoms with E-state index < -0.39 is 6.03 Å². The number of rotatable bonds is 5. The number of hydrogen-bond acceptors (Lipinski definition) is 4. The van der Waals surface area contributed by atoms with Gasteiger partial charge in [-0.3, -0.25) is 9.48 Å². The Labute approximate surface area is 189 Å². The van der Waals surface area contributed by atoms with Crippen LogP contribution in [-0.4, -0.2) is 21.7 Å². The number of aromatic nitrogens is 2. The molecule has 4 aromatic rings. The van der Waals surface area contributed by atoms with Gasteiger partial charge >= 0.3 is 6.03 Å². The highest BCUT2D eigenvalue weighted by molar-refractivity contribution is 6.15. The summed E-state index contributed by atoms with van der Waals surface area (Å²) in [6.45, 7) is 1.87. The summed E-state index contributed by atoms with van der Waals surface area (Å²) < 4.78 is 15.3. The van der Waals surface area contributed by atoms with Crippen molar-refractivity contribution < 1.29 is 14.0 Å². The van der Waals surface area contributed by atoms with Gasteiger partial charge in [0.2, 0.25) is 0 Å². The molecule has 1 heterocycles. The third-order valence-electron chi connectivity index (χ3n) is 5.22. The van der Waals surface area contributed by atoms with Crippen LogP contribution in [0, 0.1) is 12.7 Å². The van der Waals surface area contributed by atoms with Gasteiger partial charge in [0, 0.05) is 25.0 Å². The fourth-order valence-corrected chi connectivity index (χ4v) is 3.52. The molecule has 0 aliphatic carbocycles. The van der Waals surface area contributed by atoms with Crippen LogP contribution in [0.4, 0.5) is 26.4 Å². The van der Waals surface area contributed by atoms with Crippen LogP contribution in [0.2, 0.25) is 0 Å². The number of halogens is 1. The largest absolute Gasteiger partial charge is 0.382 e. The summed E-state index contributed by atoms with van der Waals surface area (Å²) in [5.74, 6) is -0.416. The van der Waals surface area contributed by atoms with Crippen molar-refractivity contribution >= 4 is 40.0 Å². The fraction of sp³-hybridized carbons (Fsp3) is 0.125. The molecule has 1 aromatic heterocycles. The van der Waals surface area contributed by atoms with Crippen molar-refractivity contribution in [1.29, 1.82) is 0 Å². The van der Waals surface area contributed by atoms with Crippen molar-refractivity contribution in [2.75, 3.05) is 16.4 Å². The van der Waals surface area contributed by atoms with Gasteiger partial charge in [0.25, 0.3) is 5.91 Å². The Kier molecular flexibility index (Phi) is 5.95. The van der Waals surface area contributed by atoms with E-state index in [9.17, 15) is 14.0 Å². The summed E-state index contributed by atoms with van der Waals surface area (Å²) in [6, 6.07) is 16.4. The predicted octanol–water partition coefficient (Wildman–Crippen LogP) is 4.18. The number of carbonyl (C=O) groups excluding carboxylic acids is 2. The number of amides is 3. The number of aryl methyl sites for hydroxylation is 2. The van der Waals surface area contributed by atoms with Crippen LogP contribution in [0.1, 0.15) is 21.5 Å². The monoisotopic (exact) mass is 446 g/mol. The molecule has 0 spiro atoms. The summed E-state index contributed by atoms with van der Waals surface area (Å²) in [4.78, 5) is 25.1. The van der Waals surface area contributed by atoms with E-state index in [2.05, 4.69) is 21.0 Å². The third-order valence-corrected chi connectivity index (χ3v) is 5.22. The van der Waals surface area contributed by atoms with Gasteiger partial charge in [-0.2, -0.15) is 5.10 Å². The molecule has 0 unspecified atom stereocenters. The van der Waals surface area contributed by atoms with E-state index in [1.165, 1.54) is 6.07 Å². The van der Waals surface area contributed by atoms with E-state index in [4.69, 9.17) is 5.73 Å². The van der Waals surface area contributed by atoms with E-state index in [1.807, 2.05) is 12.1 Å². The number of urea groups is 1. The lowest BCUT2D eigenvalue weighted by Crippen LogP contribution is -2.28. The Morgan fingerprint density at radius 3 is 2.58 bits per heavy atom. The maximum Gasteiger partial charge on any atom is 0.319 e. The summed E-state index contributed by atoms with van der Waals surface area (Å²) >= 11 is 0. The molecule has 0 aliphatic rings. The number of anilines is 3. The average Bonchev–Trinajstić information content (AvgIpc) is 3.09. The third kappa shape index (κ3) is 4.77. The minimum Gasteiger partial charge on any atom is -0.382 e. The Morgan fingerprint density at radius 1 is 1.03 bits per heavy atom. The van der Waals surface area contributed by atoms with Gasteiger partial charge in [-0.1, -0.05) is 24.3 Å². The molecule has 9 heteroatoms. The highest BCUT2D eigenvalue weighted by atomic mass is 19.1. The van der Waals surface area contributed by atoms with E-state index >= 15 is 0 Å². The second-order valence-corrected chi connectivity index (χ2v) is 7.63. The molecule has 3 amide bonds. The molecule has 0 saturated carbocycles. The molecule has 168 valence electrons. The number of nitrogens with zero attached hydrogens (tertiary/aromatic N) is 2. The maximum atomic E-state index is 13.6. The molecular weight excluding hydrogens is 423 g/mol. The zero-order chi connectivity index (χ0) is 23.5. The van der Waals surface area contributed by atoms with Gasteiger partial charge in [-0.15, -0.1) is 0 Å². The SMILES string of the molecule is Cc1ccc(NC(=O)NCc2cccc(NC(=O)c3cccc4c3c(N)nn4C)c2)cc1F. The van der Waals surface area contributed by atoms with Gasteiger partial charge in [-0.05, 0) is 54.4 Å². The lowest BCUT2D eigenvalue weighted by molar-refractivity contribution is 0.102. The quantitative estimate of drug-likeness (QED) is 0.368. The number of nitrogens with two attached hydrogens (primary N) is 1. The fourth-order valence-electron chi connectivity index (χ4n) is 3.52. The second-order valence-electron chi connectivity index (χ2n) is 7.63. The molecule has 0 fully saturated rings. The Bertz CT molecular complexity index is 1360. The van der Waals surface area contributed by atoms with E-state index in [0.717, 1.165) is 11.1 Å². The number of nitrogen functional groups attached to an aromatic ring is 1. The van der Waals surface area contributed by atoms with Gasteiger partial charge in [0.05, 0.1) is 16.5 Å². The number of benzene rings is 3. The maximum absolute atomic E-state index is 13.6. The first-order chi connectivity index (χ1) is 15.8. The molecular formula is C24H23FN6O2. The molecule has 33 heavy (non-hydrogen) atoms. The lowest BCUT2D eigenvalue weighted by atomic mass is 10.1. The van der Waals surface area contributed by atoms with Crippen LogP contribution in [0.5, 0.6) is 0 Å². The minimum absolute atomic E-state index is 0.217. The van der Waals surface area contributed by atoms with Crippen LogP contribution in [-0.2, 0) is 13.6 Å². The topological polar surface area (TPSA) is 114 Å². The molecule has 8 nitrogen and oxygen atoms in total. The zero-order valence-corrected chi connectivity index (χ0v) is 18.1. The van der Waals surface area contributed by atoms with Crippen molar-refractivity contribution in [3.63, 3.8) is 0 Å². The van der Waals surface area contributed by atoms with E-state index in [-0.39, 0.29) is 24.1 Å². The van der Waals surface area contributed by atoms with Crippen LogP contribution < -0.4 is 21.7 Å². The van der Waals surface area contributed by atoms with Gasteiger partial charge in [-0.25, -0.2) is 9.18 Å². The Morgan fingerprint density at radius 2 is 1.79 bits per heavy atom.